The number of hydrogen-bond acceptors (Lipinski definition) is 4. The van der Waals surface area contributed by atoms with E-state index in [0.29, 0.717) is 22.2 Å². The van der Waals surface area contributed by atoms with Crippen LogP contribution in [0.15, 0.2) is 48.5 Å². The van der Waals surface area contributed by atoms with E-state index in [-0.39, 0.29) is 17.5 Å². The molecule has 2 aromatic carbocycles. The average Bonchev–Trinajstić information content (AvgIpc) is 3.07. The molecule has 2 fully saturated rings. The number of amides is 1. The van der Waals surface area contributed by atoms with Crippen molar-refractivity contribution >= 4 is 40.0 Å². The van der Waals surface area contributed by atoms with Crippen LogP contribution in [-0.4, -0.2) is 59.9 Å². The van der Waals surface area contributed by atoms with Crippen LogP contribution in [0.5, 0.6) is 0 Å². The second-order valence-corrected chi connectivity index (χ2v) is 9.75. The molecular formula is C25H29FIN3O2. The van der Waals surface area contributed by atoms with E-state index in [9.17, 15) is 14.0 Å². The van der Waals surface area contributed by atoms with Crippen molar-refractivity contribution < 1.29 is 14.0 Å². The number of carbonyl (C=O) groups excluding carboxylic acids is 2. The van der Waals surface area contributed by atoms with Gasteiger partial charge in [-0.1, -0.05) is 18.2 Å². The number of rotatable bonds is 7. The van der Waals surface area contributed by atoms with Crippen molar-refractivity contribution in [1.82, 2.24) is 9.80 Å². The van der Waals surface area contributed by atoms with Gasteiger partial charge < -0.3 is 14.7 Å². The molecule has 0 bridgehead atoms. The number of benzene rings is 2. The first kappa shape index (κ1) is 23.2. The molecule has 2 saturated heterocycles. The van der Waals surface area contributed by atoms with Crippen LogP contribution in [0.1, 0.15) is 43.0 Å². The number of ketones is 1. The molecule has 0 atom stereocenters. The number of anilines is 1. The number of halogens is 2. The third-order valence-electron chi connectivity index (χ3n) is 6.76. The minimum atomic E-state index is -0.464. The van der Waals surface area contributed by atoms with Crippen LogP contribution >= 0.6 is 22.6 Å². The molecule has 170 valence electrons. The molecule has 0 radical (unpaired) electrons. The summed E-state index contributed by atoms with van der Waals surface area (Å²) in [6, 6.07) is 14.5. The Balaban J connectivity index is 1.35. The Labute approximate surface area is 202 Å². The summed E-state index contributed by atoms with van der Waals surface area (Å²) in [6.45, 7) is 5.91. The molecule has 2 aliphatic heterocycles. The second-order valence-electron chi connectivity index (χ2n) is 8.59. The van der Waals surface area contributed by atoms with Gasteiger partial charge in [0.1, 0.15) is 11.4 Å². The van der Waals surface area contributed by atoms with Crippen LogP contribution in [0.25, 0.3) is 0 Å². The monoisotopic (exact) mass is 549 g/mol. The minimum absolute atomic E-state index is 0.0580. The molecule has 0 aliphatic carbocycles. The Kier molecular flexibility index (Phi) is 7.14. The van der Waals surface area contributed by atoms with Crippen molar-refractivity contribution in [2.75, 3.05) is 37.7 Å². The van der Waals surface area contributed by atoms with E-state index in [2.05, 4.69) is 21.9 Å². The van der Waals surface area contributed by atoms with E-state index in [0.717, 1.165) is 51.1 Å². The van der Waals surface area contributed by atoms with Crippen LogP contribution in [0.3, 0.4) is 0 Å². The lowest BCUT2D eigenvalue weighted by Crippen LogP contribution is -2.56. The fraction of sp³-hybridized carbons (Fsp3) is 0.440. The van der Waals surface area contributed by atoms with Crippen molar-refractivity contribution in [3.05, 3.63) is 63.5 Å². The van der Waals surface area contributed by atoms with Gasteiger partial charge >= 0.3 is 0 Å². The lowest BCUT2D eigenvalue weighted by molar-refractivity contribution is -0.133. The topological polar surface area (TPSA) is 43.9 Å². The highest BCUT2D eigenvalue weighted by Crippen LogP contribution is 2.39. The van der Waals surface area contributed by atoms with Gasteiger partial charge in [0.05, 0.1) is 6.67 Å². The van der Waals surface area contributed by atoms with Gasteiger partial charge in [0.15, 0.2) is 5.78 Å². The number of likely N-dealkylation sites (N-methyl/N-ethyl adjacent to an activating group) is 1. The smallest absolute Gasteiger partial charge is 0.250 e. The van der Waals surface area contributed by atoms with E-state index in [1.807, 2.05) is 52.6 Å². The van der Waals surface area contributed by atoms with Gasteiger partial charge in [0.25, 0.3) is 0 Å². The molecule has 1 amide bonds. The molecule has 32 heavy (non-hydrogen) atoms. The summed E-state index contributed by atoms with van der Waals surface area (Å²) in [6.07, 6.45) is 2.79. The normalized spacial score (nSPS) is 18.5. The number of nitrogens with zero attached hydrogens (tertiary/aromatic N) is 3. The Bertz CT molecular complexity index is 976. The predicted molar refractivity (Wildman–Crippen MR) is 132 cm³/mol. The summed E-state index contributed by atoms with van der Waals surface area (Å²) in [5.41, 5.74) is 1.23. The number of Topliss-reactive ketones (excluding diaryl/α,β-unsaturated/α-hetero) is 1. The van der Waals surface area contributed by atoms with Gasteiger partial charge in [-0.2, -0.15) is 0 Å². The number of piperidine rings is 1. The summed E-state index contributed by atoms with van der Waals surface area (Å²) in [4.78, 5) is 32.4. The zero-order valence-corrected chi connectivity index (χ0v) is 20.6. The summed E-state index contributed by atoms with van der Waals surface area (Å²) < 4.78 is 13.9. The lowest BCUT2D eigenvalue weighted by Gasteiger charge is -2.43. The number of hydrogen-bond donors (Lipinski definition) is 0. The molecule has 7 heteroatoms. The maximum atomic E-state index is 13.3. The summed E-state index contributed by atoms with van der Waals surface area (Å²) in [5, 5.41) is 0. The highest BCUT2D eigenvalue weighted by molar-refractivity contribution is 14.1. The first-order valence-electron chi connectivity index (χ1n) is 11.3. The molecule has 0 N–H and O–H groups in total. The van der Waals surface area contributed by atoms with Crippen LogP contribution in [0.4, 0.5) is 10.1 Å². The first-order chi connectivity index (χ1) is 15.4. The highest BCUT2D eigenvalue weighted by atomic mass is 127. The standard InChI is InChI=1S/C25H29FIN3O2/c1-2-29-18-30(20-7-4-3-5-8-20)25(24(29)32)12-15-28(16-13-25)14-6-9-23(31)21-11-10-19(26)17-22(21)27/h3-5,7-8,10-11,17H,2,6,9,12-16,18H2,1H3. The zero-order valence-electron chi connectivity index (χ0n) is 18.4. The number of likely N-dealkylation sites (tertiary alicyclic amines) is 1. The number of carbonyl (C=O) groups is 2. The molecule has 2 aromatic rings. The Hall–Kier alpha value is -2.00. The molecule has 1 spiro atoms. The van der Waals surface area contributed by atoms with Gasteiger partial charge in [-0.15, -0.1) is 0 Å². The quantitative estimate of drug-likeness (QED) is 0.376. The van der Waals surface area contributed by atoms with E-state index >= 15 is 0 Å². The van der Waals surface area contributed by atoms with Crippen LogP contribution < -0.4 is 4.90 Å². The van der Waals surface area contributed by atoms with Gasteiger partial charge in [-0.05, 0) is 85.7 Å². The Morgan fingerprint density at radius 2 is 1.84 bits per heavy atom. The molecule has 0 saturated carbocycles. The van der Waals surface area contributed by atoms with Crippen LogP contribution in [0, 0.1) is 9.39 Å². The van der Waals surface area contributed by atoms with Gasteiger partial charge in [0, 0.05) is 40.9 Å². The molecule has 2 aliphatic rings. The molecule has 5 nitrogen and oxygen atoms in total. The third kappa shape index (κ3) is 4.55. The van der Waals surface area contributed by atoms with Crippen molar-refractivity contribution in [2.45, 2.75) is 38.1 Å². The summed E-state index contributed by atoms with van der Waals surface area (Å²) >= 11 is 2.02. The van der Waals surface area contributed by atoms with Crippen LogP contribution in [0.2, 0.25) is 0 Å². The van der Waals surface area contributed by atoms with Crippen molar-refractivity contribution in [1.29, 1.82) is 0 Å². The van der Waals surface area contributed by atoms with E-state index in [1.165, 1.54) is 12.1 Å². The van der Waals surface area contributed by atoms with Crippen LogP contribution in [-0.2, 0) is 4.79 Å². The number of para-hydroxylation sites is 1. The van der Waals surface area contributed by atoms with E-state index in [4.69, 9.17) is 0 Å². The molecule has 0 unspecified atom stereocenters. The lowest BCUT2D eigenvalue weighted by atomic mass is 9.85. The van der Waals surface area contributed by atoms with E-state index < -0.39 is 5.54 Å². The summed E-state index contributed by atoms with van der Waals surface area (Å²) in [7, 11) is 0. The maximum absolute atomic E-state index is 13.3. The van der Waals surface area contributed by atoms with Gasteiger partial charge in [-0.25, -0.2) is 4.39 Å². The maximum Gasteiger partial charge on any atom is 0.250 e. The third-order valence-corrected chi connectivity index (χ3v) is 7.65. The van der Waals surface area contributed by atoms with Crippen molar-refractivity contribution in [2.24, 2.45) is 0 Å². The minimum Gasteiger partial charge on any atom is -0.339 e. The fourth-order valence-corrected chi connectivity index (χ4v) is 5.68. The molecule has 0 aromatic heterocycles. The van der Waals surface area contributed by atoms with Crippen molar-refractivity contribution in [3.8, 4) is 0 Å². The van der Waals surface area contributed by atoms with E-state index in [1.54, 1.807) is 6.07 Å². The van der Waals surface area contributed by atoms with Gasteiger partial charge in [-0.3, -0.25) is 9.59 Å². The molecular weight excluding hydrogens is 520 g/mol. The zero-order chi connectivity index (χ0) is 22.7. The predicted octanol–water partition coefficient (Wildman–Crippen LogP) is 4.55. The second kappa shape index (κ2) is 9.87. The first-order valence-corrected chi connectivity index (χ1v) is 12.3. The summed E-state index contributed by atoms with van der Waals surface area (Å²) in [5.74, 6) is -0.0203. The molecule has 2 heterocycles. The van der Waals surface area contributed by atoms with Crippen molar-refractivity contribution in [3.63, 3.8) is 0 Å². The van der Waals surface area contributed by atoms with Gasteiger partial charge in [0.2, 0.25) is 5.91 Å². The largest absolute Gasteiger partial charge is 0.339 e. The Morgan fingerprint density at radius 1 is 1.12 bits per heavy atom. The average molecular weight is 549 g/mol. The fourth-order valence-electron chi connectivity index (χ4n) is 4.90. The SMILES string of the molecule is CCN1CN(c2ccccc2)C2(CCN(CCCC(=O)c3ccc(F)cc3I)CC2)C1=O. The Morgan fingerprint density at radius 3 is 2.50 bits per heavy atom. The highest BCUT2D eigenvalue weighted by Gasteiger charge is 2.53. The molecule has 4 rings (SSSR count).